The van der Waals surface area contributed by atoms with Gasteiger partial charge in [0, 0.05) is 19.7 Å². The lowest BCUT2D eigenvalue weighted by molar-refractivity contribution is 0.304. The van der Waals surface area contributed by atoms with Crippen molar-refractivity contribution in [1.29, 1.82) is 0 Å². The number of guanidine groups is 1. The van der Waals surface area contributed by atoms with E-state index in [4.69, 9.17) is 9.84 Å². The van der Waals surface area contributed by atoms with Crippen molar-refractivity contribution >= 4 is 5.96 Å². The number of nitrogens with zero attached hydrogens (tertiary/aromatic N) is 1. The fourth-order valence-corrected chi connectivity index (χ4v) is 1.99. The van der Waals surface area contributed by atoms with E-state index in [-0.39, 0.29) is 12.4 Å². The smallest absolute Gasteiger partial charge is 0.191 e. The highest BCUT2D eigenvalue weighted by molar-refractivity contribution is 5.79. The Bertz CT molecular complexity index is 754. The monoisotopic (exact) mass is 353 g/mol. The van der Waals surface area contributed by atoms with Gasteiger partial charge in [0.05, 0.1) is 6.54 Å². The van der Waals surface area contributed by atoms with E-state index in [1.165, 1.54) is 18.2 Å². The number of hydrogen-bond acceptors (Lipinski definition) is 3. The van der Waals surface area contributed by atoms with Crippen LogP contribution in [0.3, 0.4) is 0 Å². The van der Waals surface area contributed by atoms with E-state index in [2.05, 4.69) is 15.6 Å². The van der Waals surface area contributed by atoms with Gasteiger partial charge in [-0.15, -0.1) is 0 Å². The van der Waals surface area contributed by atoms with Crippen LogP contribution in [-0.4, -0.2) is 31.3 Å². The molecule has 0 saturated carbocycles. The molecule has 0 heterocycles. The maximum atomic E-state index is 13.4. The predicted molar refractivity (Wildman–Crippen MR) is 88.1 cm³/mol. The number of ether oxygens (including phenoxy) is 1. The van der Waals surface area contributed by atoms with Crippen molar-refractivity contribution in [3.05, 3.63) is 59.4 Å². The zero-order valence-electron chi connectivity index (χ0n) is 13.5. The highest BCUT2D eigenvalue weighted by Crippen LogP contribution is 2.17. The molecule has 0 aromatic heterocycles. The second-order valence-electron chi connectivity index (χ2n) is 5.06. The predicted octanol–water partition coefficient (Wildman–Crippen LogP) is 2.55. The standard InChI is InChI=1S/C17H18F3N3O2/c1-21-17(23-10-11-2-4-15(24)13(19)8-11)22-6-7-25-16-5-3-12(18)9-14(16)20/h2-5,8-9,24H,6-7,10H2,1H3,(H2,21,22,23). The van der Waals surface area contributed by atoms with Gasteiger partial charge in [0.25, 0.3) is 0 Å². The molecule has 0 saturated heterocycles. The van der Waals surface area contributed by atoms with Gasteiger partial charge in [-0.2, -0.15) is 0 Å². The third kappa shape index (κ3) is 5.59. The van der Waals surface area contributed by atoms with E-state index in [9.17, 15) is 13.2 Å². The number of benzene rings is 2. The third-order valence-electron chi connectivity index (χ3n) is 3.24. The van der Waals surface area contributed by atoms with E-state index in [1.54, 1.807) is 13.1 Å². The van der Waals surface area contributed by atoms with E-state index < -0.39 is 23.2 Å². The number of phenolic OH excluding ortho intramolecular Hbond substituents is 1. The molecule has 0 aliphatic carbocycles. The van der Waals surface area contributed by atoms with E-state index in [1.807, 2.05) is 0 Å². The molecule has 0 fully saturated rings. The largest absolute Gasteiger partial charge is 0.505 e. The van der Waals surface area contributed by atoms with Crippen molar-refractivity contribution in [1.82, 2.24) is 10.6 Å². The fraction of sp³-hybridized carbons (Fsp3) is 0.235. The zero-order chi connectivity index (χ0) is 18.2. The molecule has 2 aromatic carbocycles. The molecule has 0 bridgehead atoms. The maximum Gasteiger partial charge on any atom is 0.191 e. The van der Waals surface area contributed by atoms with Crippen LogP contribution in [0.2, 0.25) is 0 Å². The molecule has 0 aliphatic heterocycles. The average molecular weight is 353 g/mol. The molecular weight excluding hydrogens is 335 g/mol. The Labute approximate surface area is 143 Å². The van der Waals surface area contributed by atoms with Gasteiger partial charge in [-0.05, 0) is 29.8 Å². The highest BCUT2D eigenvalue weighted by atomic mass is 19.1. The summed E-state index contributed by atoms with van der Waals surface area (Å²) in [5.74, 6) is -2.13. The molecular formula is C17H18F3N3O2. The molecule has 2 aromatic rings. The van der Waals surface area contributed by atoms with Crippen LogP contribution in [0.4, 0.5) is 13.2 Å². The summed E-state index contributed by atoms with van der Waals surface area (Å²) in [7, 11) is 1.56. The average Bonchev–Trinajstić information content (AvgIpc) is 2.59. The Balaban J connectivity index is 1.75. The summed E-state index contributed by atoms with van der Waals surface area (Å²) in [6.07, 6.45) is 0. The van der Waals surface area contributed by atoms with Gasteiger partial charge >= 0.3 is 0 Å². The lowest BCUT2D eigenvalue weighted by atomic mass is 10.2. The second-order valence-corrected chi connectivity index (χ2v) is 5.06. The van der Waals surface area contributed by atoms with Crippen molar-refractivity contribution in [3.63, 3.8) is 0 Å². The van der Waals surface area contributed by atoms with Crippen LogP contribution in [0.5, 0.6) is 11.5 Å². The number of aliphatic imine (C=N–C) groups is 1. The highest BCUT2D eigenvalue weighted by Gasteiger charge is 2.05. The van der Waals surface area contributed by atoms with Crippen LogP contribution >= 0.6 is 0 Å². The summed E-state index contributed by atoms with van der Waals surface area (Å²) in [5, 5.41) is 15.0. The van der Waals surface area contributed by atoms with Crippen LogP contribution in [0, 0.1) is 17.5 Å². The van der Waals surface area contributed by atoms with Gasteiger partial charge in [-0.1, -0.05) is 6.07 Å². The van der Waals surface area contributed by atoms with Gasteiger partial charge in [-0.25, -0.2) is 13.2 Å². The van der Waals surface area contributed by atoms with Crippen molar-refractivity contribution in [2.24, 2.45) is 4.99 Å². The van der Waals surface area contributed by atoms with Crippen LogP contribution in [-0.2, 0) is 6.54 Å². The Hall–Kier alpha value is -2.90. The molecule has 3 N–H and O–H groups in total. The van der Waals surface area contributed by atoms with Crippen molar-refractivity contribution < 1.29 is 23.0 Å². The van der Waals surface area contributed by atoms with Crippen LogP contribution < -0.4 is 15.4 Å². The number of hydrogen-bond donors (Lipinski definition) is 3. The molecule has 2 rings (SSSR count). The topological polar surface area (TPSA) is 65.9 Å². The lowest BCUT2D eigenvalue weighted by Crippen LogP contribution is -2.38. The minimum absolute atomic E-state index is 0.0364. The zero-order valence-corrected chi connectivity index (χ0v) is 13.5. The summed E-state index contributed by atoms with van der Waals surface area (Å²) in [4.78, 5) is 3.99. The molecule has 25 heavy (non-hydrogen) atoms. The summed E-state index contributed by atoms with van der Waals surface area (Å²) in [6, 6.07) is 7.16. The molecule has 0 radical (unpaired) electrons. The van der Waals surface area contributed by atoms with Gasteiger partial charge < -0.3 is 20.5 Å². The van der Waals surface area contributed by atoms with Gasteiger partial charge in [0.15, 0.2) is 29.1 Å². The fourth-order valence-electron chi connectivity index (χ4n) is 1.99. The first-order valence-corrected chi connectivity index (χ1v) is 7.49. The number of nitrogens with one attached hydrogen (secondary N) is 2. The van der Waals surface area contributed by atoms with Crippen molar-refractivity contribution in [2.45, 2.75) is 6.54 Å². The first-order chi connectivity index (χ1) is 12.0. The van der Waals surface area contributed by atoms with Crippen LogP contribution in [0.25, 0.3) is 0 Å². The summed E-state index contributed by atoms with van der Waals surface area (Å²) >= 11 is 0. The second kappa shape index (κ2) is 8.81. The molecule has 134 valence electrons. The normalized spacial score (nSPS) is 11.3. The molecule has 0 spiro atoms. The summed E-state index contributed by atoms with van der Waals surface area (Å²) in [5.41, 5.74) is 0.628. The lowest BCUT2D eigenvalue weighted by Gasteiger charge is -2.13. The Morgan fingerprint density at radius 3 is 2.56 bits per heavy atom. The summed E-state index contributed by atoms with van der Waals surface area (Å²) < 4.78 is 44.7. The van der Waals surface area contributed by atoms with Gasteiger partial charge in [0.1, 0.15) is 12.4 Å². The van der Waals surface area contributed by atoms with Gasteiger partial charge in [0.2, 0.25) is 0 Å². The van der Waals surface area contributed by atoms with E-state index in [0.29, 0.717) is 24.6 Å². The SMILES string of the molecule is CN=C(NCCOc1ccc(F)cc1F)NCc1ccc(O)c(F)c1. The van der Waals surface area contributed by atoms with Crippen LogP contribution in [0.15, 0.2) is 41.4 Å². The van der Waals surface area contributed by atoms with Crippen molar-refractivity contribution in [2.75, 3.05) is 20.2 Å². The molecule has 0 atom stereocenters. The quantitative estimate of drug-likeness (QED) is 0.424. The molecule has 0 amide bonds. The number of halogens is 3. The Morgan fingerprint density at radius 1 is 1.08 bits per heavy atom. The Kier molecular flexibility index (Phi) is 6.50. The van der Waals surface area contributed by atoms with Crippen LogP contribution in [0.1, 0.15) is 5.56 Å². The molecule has 5 nitrogen and oxygen atoms in total. The molecule has 0 aliphatic rings. The van der Waals surface area contributed by atoms with E-state index >= 15 is 0 Å². The number of aromatic hydroxyl groups is 1. The molecule has 0 unspecified atom stereocenters. The molecule has 8 heteroatoms. The minimum Gasteiger partial charge on any atom is -0.505 e. The summed E-state index contributed by atoms with van der Waals surface area (Å²) in [6.45, 7) is 0.752. The first-order valence-electron chi connectivity index (χ1n) is 7.49. The minimum atomic E-state index is -0.767. The van der Waals surface area contributed by atoms with E-state index in [0.717, 1.165) is 12.1 Å². The number of rotatable bonds is 6. The van der Waals surface area contributed by atoms with Gasteiger partial charge in [-0.3, -0.25) is 4.99 Å². The van der Waals surface area contributed by atoms with Crippen molar-refractivity contribution in [3.8, 4) is 11.5 Å². The maximum absolute atomic E-state index is 13.4. The first kappa shape index (κ1) is 18.4. The Morgan fingerprint density at radius 2 is 1.88 bits per heavy atom. The third-order valence-corrected chi connectivity index (χ3v) is 3.24. The number of phenols is 1.